The molecule has 8 nitrogen and oxygen atoms in total. The SMILES string of the molecule is O=C(Nc1nn[nH]n1)c1ccc(CN(C(=O)/C=C/c2cccc3ccccc23)c2ccc(C3CCCCC3)cc2)cc1. The fraction of sp³-hybridized carbons (Fsp3) is 0.206. The van der Waals surface area contributed by atoms with Crippen molar-refractivity contribution in [1.82, 2.24) is 20.6 Å². The van der Waals surface area contributed by atoms with E-state index in [2.05, 4.69) is 68.4 Å². The average Bonchev–Trinajstić information content (AvgIpc) is 3.56. The first-order valence-electron chi connectivity index (χ1n) is 14.3. The quantitative estimate of drug-likeness (QED) is 0.202. The van der Waals surface area contributed by atoms with Crippen LogP contribution in [0.1, 0.15) is 65.1 Å². The number of anilines is 2. The van der Waals surface area contributed by atoms with Gasteiger partial charge in [-0.05, 0) is 81.8 Å². The molecular formula is C34H32N6O2. The van der Waals surface area contributed by atoms with Crippen LogP contribution in [0.3, 0.4) is 0 Å². The second-order valence-electron chi connectivity index (χ2n) is 10.6. The van der Waals surface area contributed by atoms with Gasteiger partial charge in [0.05, 0.1) is 6.54 Å². The predicted molar refractivity (Wildman–Crippen MR) is 165 cm³/mol. The molecule has 1 aliphatic rings. The second-order valence-corrected chi connectivity index (χ2v) is 10.6. The van der Waals surface area contributed by atoms with E-state index in [0.717, 1.165) is 27.6 Å². The summed E-state index contributed by atoms with van der Waals surface area (Å²) in [6, 6.07) is 29.9. The van der Waals surface area contributed by atoms with Gasteiger partial charge in [-0.2, -0.15) is 5.21 Å². The van der Waals surface area contributed by atoms with Crippen LogP contribution in [0.4, 0.5) is 11.6 Å². The number of benzene rings is 4. The Morgan fingerprint density at radius 2 is 1.64 bits per heavy atom. The number of hydrogen-bond donors (Lipinski definition) is 2. The van der Waals surface area contributed by atoms with Crippen molar-refractivity contribution in [1.29, 1.82) is 0 Å². The molecule has 210 valence electrons. The lowest BCUT2D eigenvalue weighted by Gasteiger charge is -2.25. The zero-order valence-electron chi connectivity index (χ0n) is 23.2. The molecule has 42 heavy (non-hydrogen) atoms. The first-order chi connectivity index (χ1) is 20.6. The topological polar surface area (TPSA) is 104 Å². The number of aromatic amines is 1. The Labute approximate surface area is 244 Å². The summed E-state index contributed by atoms with van der Waals surface area (Å²) >= 11 is 0. The van der Waals surface area contributed by atoms with E-state index in [4.69, 9.17) is 0 Å². The van der Waals surface area contributed by atoms with Crippen LogP contribution < -0.4 is 10.2 Å². The minimum absolute atomic E-state index is 0.107. The van der Waals surface area contributed by atoms with E-state index in [9.17, 15) is 9.59 Å². The van der Waals surface area contributed by atoms with Crippen LogP contribution in [0.5, 0.6) is 0 Å². The van der Waals surface area contributed by atoms with Gasteiger partial charge in [0.1, 0.15) is 0 Å². The second kappa shape index (κ2) is 12.6. The van der Waals surface area contributed by atoms with Gasteiger partial charge in [-0.15, -0.1) is 5.10 Å². The average molecular weight is 557 g/mol. The number of amides is 2. The lowest BCUT2D eigenvalue weighted by molar-refractivity contribution is -0.114. The molecule has 1 aliphatic carbocycles. The van der Waals surface area contributed by atoms with Gasteiger partial charge in [0, 0.05) is 17.3 Å². The standard InChI is InChI=1S/C34H32N6O2/c41-32(22-19-28-11-6-10-27-9-4-5-12-31(27)28)40(30-20-17-26(18-21-30)25-7-2-1-3-8-25)23-24-13-15-29(16-14-24)33(42)35-34-36-38-39-37-34/h4-6,9-22,25H,1-3,7-8,23H2,(H2,35,36,37,38,39,42)/b22-19+. The third-order valence-electron chi connectivity index (χ3n) is 7.90. The maximum absolute atomic E-state index is 13.7. The Kier molecular flexibility index (Phi) is 8.12. The highest BCUT2D eigenvalue weighted by molar-refractivity contribution is 6.05. The van der Waals surface area contributed by atoms with Crippen molar-refractivity contribution in [2.45, 2.75) is 44.6 Å². The van der Waals surface area contributed by atoms with E-state index in [-0.39, 0.29) is 17.8 Å². The van der Waals surface area contributed by atoms with Crippen molar-refractivity contribution >= 4 is 40.3 Å². The van der Waals surface area contributed by atoms with Crippen molar-refractivity contribution in [2.24, 2.45) is 0 Å². The monoisotopic (exact) mass is 556 g/mol. The number of carbonyl (C=O) groups is 2. The van der Waals surface area contributed by atoms with Crippen LogP contribution in [0.2, 0.25) is 0 Å². The summed E-state index contributed by atoms with van der Waals surface area (Å²) in [4.78, 5) is 28.1. The number of hydrogen-bond acceptors (Lipinski definition) is 5. The largest absolute Gasteiger partial charge is 0.304 e. The smallest absolute Gasteiger partial charge is 0.270 e. The Hall–Kier alpha value is -5.11. The molecular weight excluding hydrogens is 524 g/mol. The number of H-pyrrole nitrogens is 1. The van der Waals surface area contributed by atoms with Gasteiger partial charge >= 0.3 is 0 Å². The van der Waals surface area contributed by atoms with Crippen LogP contribution in [0, 0.1) is 0 Å². The number of nitrogens with zero attached hydrogens (tertiary/aromatic N) is 4. The molecule has 2 N–H and O–H groups in total. The lowest BCUT2D eigenvalue weighted by atomic mass is 9.84. The van der Waals surface area contributed by atoms with Gasteiger partial charge in [0.2, 0.25) is 0 Å². The van der Waals surface area contributed by atoms with Crippen molar-refractivity contribution in [3.05, 3.63) is 119 Å². The minimum atomic E-state index is -0.341. The van der Waals surface area contributed by atoms with E-state index in [1.54, 1.807) is 23.1 Å². The number of nitrogens with one attached hydrogen (secondary N) is 2. The lowest BCUT2D eigenvalue weighted by Crippen LogP contribution is -2.28. The van der Waals surface area contributed by atoms with Crippen LogP contribution in [-0.2, 0) is 11.3 Å². The summed E-state index contributed by atoms with van der Waals surface area (Å²) in [6.45, 7) is 0.355. The van der Waals surface area contributed by atoms with Gasteiger partial charge in [-0.3, -0.25) is 14.9 Å². The molecule has 2 amide bonds. The summed E-state index contributed by atoms with van der Waals surface area (Å²) in [6.07, 6.45) is 9.85. The first kappa shape index (κ1) is 27.1. The molecule has 4 aromatic carbocycles. The van der Waals surface area contributed by atoms with Crippen molar-refractivity contribution < 1.29 is 9.59 Å². The molecule has 0 saturated heterocycles. The highest BCUT2D eigenvalue weighted by Crippen LogP contribution is 2.33. The number of rotatable bonds is 8. The Morgan fingerprint density at radius 1 is 0.881 bits per heavy atom. The van der Waals surface area contributed by atoms with E-state index >= 15 is 0 Å². The molecule has 1 heterocycles. The normalized spacial score (nSPS) is 13.8. The Morgan fingerprint density at radius 3 is 2.40 bits per heavy atom. The van der Waals surface area contributed by atoms with Crippen molar-refractivity contribution in [2.75, 3.05) is 10.2 Å². The van der Waals surface area contributed by atoms with Crippen LogP contribution in [0.25, 0.3) is 16.8 Å². The van der Waals surface area contributed by atoms with Crippen molar-refractivity contribution in [3.63, 3.8) is 0 Å². The molecule has 5 aromatic rings. The molecule has 8 heteroatoms. The number of tetrazole rings is 1. The Bertz CT molecular complexity index is 1680. The number of aromatic nitrogens is 4. The molecule has 1 aromatic heterocycles. The summed E-state index contributed by atoms with van der Waals surface area (Å²) in [5, 5.41) is 18.1. The maximum Gasteiger partial charge on any atom is 0.270 e. The summed E-state index contributed by atoms with van der Waals surface area (Å²) in [5.74, 6) is 0.240. The highest BCUT2D eigenvalue weighted by Gasteiger charge is 2.18. The molecule has 0 aliphatic heterocycles. The fourth-order valence-corrected chi connectivity index (χ4v) is 5.64. The Balaban J connectivity index is 1.24. The summed E-state index contributed by atoms with van der Waals surface area (Å²) in [7, 11) is 0. The third kappa shape index (κ3) is 6.28. The van der Waals surface area contributed by atoms with E-state index in [0.29, 0.717) is 18.0 Å². The fourth-order valence-electron chi connectivity index (χ4n) is 5.64. The maximum atomic E-state index is 13.7. The summed E-state index contributed by atoms with van der Waals surface area (Å²) < 4.78 is 0. The van der Waals surface area contributed by atoms with Gasteiger partial charge in [-0.25, -0.2) is 0 Å². The van der Waals surface area contributed by atoms with Gasteiger partial charge < -0.3 is 4.90 Å². The zero-order chi connectivity index (χ0) is 28.7. The van der Waals surface area contributed by atoms with E-state index in [1.165, 1.54) is 37.7 Å². The van der Waals surface area contributed by atoms with Crippen molar-refractivity contribution in [3.8, 4) is 0 Å². The molecule has 0 bridgehead atoms. The molecule has 0 atom stereocenters. The van der Waals surface area contributed by atoms with Crippen LogP contribution in [-0.4, -0.2) is 32.4 Å². The highest BCUT2D eigenvalue weighted by atomic mass is 16.2. The number of fused-ring (bicyclic) bond motifs is 1. The van der Waals surface area contributed by atoms with Gasteiger partial charge in [0.15, 0.2) is 0 Å². The van der Waals surface area contributed by atoms with Gasteiger partial charge in [-0.1, -0.05) is 91.1 Å². The zero-order valence-corrected chi connectivity index (χ0v) is 23.2. The van der Waals surface area contributed by atoms with E-state index in [1.807, 2.05) is 42.5 Å². The first-order valence-corrected chi connectivity index (χ1v) is 14.3. The molecule has 1 saturated carbocycles. The van der Waals surface area contributed by atoms with E-state index < -0.39 is 0 Å². The molecule has 1 fully saturated rings. The van der Waals surface area contributed by atoms with Crippen LogP contribution in [0.15, 0.2) is 97.1 Å². The van der Waals surface area contributed by atoms with Gasteiger partial charge in [0.25, 0.3) is 17.8 Å². The molecule has 0 unspecified atom stereocenters. The van der Waals surface area contributed by atoms with Crippen LogP contribution >= 0.6 is 0 Å². The molecule has 6 rings (SSSR count). The third-order valence-corrected chi connectivity index (χ3v) is 7.90. The number of carbonyl (C=O) groups excluding carboxylic acids is 2. The summed E-state index contributed by atoms with van der Waals surface area (Å²) in [5.41, 5.74) is 4.52. The minimum Gasteiger partial charge on any atom is -0.304 e. The molecule has 0 spiro atoms. The predicted octanol–water partition coefficient (Wildman–Crippen LogP) is 6.90. The molecule has 0 radical (unpaired) electrons.